The van der Waals surface area contributed by atoms with Gasteiger partial charge in [0.2, 0.25) is 5.43 Å². The predicted octanol–water partition coefficient (Wildman–Crippen LogP) is 2.44. The molecule has 1 saturated heterocycles. The summed E-state index contributed by atoms with van der Waals surface area (Å²) in [5, 5.41) is 12.6. The average Bonchev–Trinajstić information content (AvgIpc) is 2.70. The maximum atomic E-state index is 14.8. The minimum absolute atomic E-state index is 0.0160. The average molecular weight is 399 g/mol. The SMILES string of the molecule is O=C(O)c1cn(Cc2cccc(F)c2)c2cc(N3CCNCC3)c(F)cc2c1=O. The van der Waals surface area contributed by atoms with Crippen LogP contribution < -0.4 is 15.6 Å². The van der Waals surface area contributed by atoms with Gasteiger partial charge < -0.3 is 19.9 Å². The van der Waals surface area contributed by atoms with E-state index in [0.717, 1.165) is 6.07 Å². The van der Waals surface area contributed by atoms with Gasteiger partial charge in [-0.2, -0.15) is 0 Å². The topological polar surface area (TPSA) is 74.6 Å². The van der Waals surface area contributed by atoms with Gasteiger partial charge in [-0.3, -0.25) is 4.79 Å². The molecule has 1 aliphatic rings. The summed E-state index contributed by atoms with van der Waals surface area (Å²) in [6.45, 7) is 2.80. The Morgan fingerprint density at radius 3 is 2.59 bits per heavy atom. The van der Waals surface area contributed by atoms with Gasteiger partial charge in [0, 0.05) is 44.3 Å². The van der Waals surface area contributed by atoms with Gasteiger partial charge in [0.25, 0.3) is 0 Å². The van der Waals surface area contributed by atoms with Crippen molar-refractivity contribution >= 4 is 22.6 Å². The van der Waals surface area contributed by atoms with E-state index in [0.29, 0.717) is 42.9 Å². The normalized spacial score (nSPS) is 14.3. The van der Waals surface area contributed by atoms with Gasteiger partial charge >= 0.3 is 5.97 Å². The summed E-state index contributed by atoms with van der Waals surface area (Å²) < 4.78 is 30.0. The first-order valence-electron chi connectivity index (χ1n) is 9.24. The Labute approximate surface area is 165 Å². The minimum Gasteiger partial charge on any atom is -0.477 e. The molecule has 2 N–H and O–H groups in total. The fourth-order valence-electron chi connectivity index (χ4n) is 3.66. The van der Waals surface area contributed by atoms with Crippen molar-refractivity contribution in [1.29, 1.82) is 0 Å². The van der Waals surface area contributed by atoms with Crippen LogP contribution in [-0.4, -0.2) is 41.8 Å². The second-order valence-corrected chi connectivity index (χ2v) is 6.99. The number of nitrogens with zero attached hydrogens (tertiary/aromatic N) is 2. The molecule has 0 saturated carbocycles. The number of hydrogen-bond acceptors (Lipinski definition) is 4. The molecule has 0 atom stereocenters. The molecule has 3 aromatic rings. The van der Waals surface area contributed by atoms with Crippen molar-refractivity contribution in [2.45, 2.75) is 6.54 Å². The van der Waals surface area contributed by atoms with E-state index in [1.165, 1.54) is 18.3 Å². The number of rotatable bonds is 4. The summed E-state index contributed by atoms with van der Waals surface area (Å²) in [5.41, 5.74) is 0.157. The van der Waals surface area contributed by atoms with Crippen LogP contribution in [0.2, 0.25) is 0 Å². The van der Waals surface area contributed by atoms with Gasteiger partial charge in [0.1, 0.15) is 17.2 Å². The number of piperazine rings is 1. The van der Waals surface area contributed by atoms with E-state index in [2.05, 4.69) is 5.32 Å². The van der Waals surface area contributed by atoms with Gasteiger partial charge in [-0.15, -0.1) is 0 Å². The zero-order valence-electron chi connectivity index (χ0n) is 15.5. The highest BCUT2D eigenvalue weighted by Crippen LogP contribution is 2.26. The zero-order valence-corrected chi connectivity index (χ0v) is 15.5. The summed E-state index contributed by atoms with van der Waals surface area (Å²) in [5.74, 6) is -2.38. The lowest BCUT2D eigenvalue weighted by molar-refractivity contribution is 0.0695. The monoisotopic (exact) mass is 399 g/mol. The molecule has 0 aliphatic carbocycles. The van der Waals surface area contributed by atoms with E-state index in [1.807, 2.05) is 4.90 Å². The second kappa shape index (κ2) is 7.63. The molecule has 2 heterocycles. The first-order valence-corrected chi connectivity index (χ1v) is 9.24. The number of carboxylic acid groups (broad SMARTS) is 1. The summed E-state index contributed by atoms with van der Waals surface area (Å²) in [4.78, 5) is 26.0. The number of carboxylic acids is 1. The van der Waals surface area contributed by atoms with Gasteiger partial charge in [-0.25, -0.2) is 13.6 Å². The largest absolute Gasteiger partial charge is 0.477 e. The highest BCUT2D eigenvalue weighted by molar-refractivity contribution is 5.93. The highest BCUT2D eigenvalue weighted by atomic mass is 19.1. The molecular formula is C21H19F2N3O3. The minimum atomic E-state index is -1.39. The summed E-state index contributed by atoms with van der Waals surface area (Å²) in [7, 11) is 0. The third-order valence-corrected chi connectivity index (χ3v) is 5.08. The fourth-order valence-corrected chi connectivity index (χ4v) is 3.66. The van der Waals surface area contributed by atoms with E-state index in [1.54, 1.807) is 22.8 Å². The molecular weight excluding hydrogens is 380 g/mol. The quantitative estimate of drug-likeness (QED) is 0.705. The highest BCUT2D eigenvalue weighted by Gasteiger charge is 2.20. The van der Waals surface area contributed by atoms with Crippen LogP contribution in [0.1, 0.15) is 15.9 Å². The van der Waals surface area contributed by atoms with Crippen molar-refractivity contribution in [3.63, 3.8) is 0 Å². The maximum Gasteiger partial charge on any atom is 0.341 e. The molecule has 1 fully saturated rings. The van der Waals surface area contributed by atoms with Crippen molar-refractivity contribution in [1.82, 2.24) is 9.88 Å². The van der Waals surface area contributed by atoms with Crippen LogP contribution in [0.5, 0.6) is 0 Å². The van der Waals surface area contributed by atoms with E-state index < -0.39 is 28.6 Å². The molecule has 0 amide bonds. The Balaban J connectivity index is 1.92. The number of aromatic nitrogens is 1. The Bertz CT molecular complexity index is 1150. The van der Waals surface area contributed by atoms with Gasteiger partial charge in [0.05, 0.1) is 11.2 Å². The van der Waals surface area contributed by atoms with Crippen molar-refractivity contribution in [2.75, 3.05) is 31.1 Å². The van der Waals surface area contributed by atoms with Crippen LogP contribution in [-0.2, 0) is 6.54 Å². The molecule has 6 nitrogen and oxygen atoms in total. The first kappa shape index (κ1) is 19.1. The molecule has 0 bridgehead atoms. The van der Waals surface area contributed by atoms with E-state index in [-0.39, 0.29) is 11.9 Å². The number of benzene rings is 2. The molecule has 0 unspecified atom stereocenters. The number of hydrogen-bond donors (Lipinski definition) is 2. The van der Waals surface area contributed by atoms with E-state index in [9.17, 15) is 23.5 Å². The van der Waals surface area contributed by atoms with Crippen LogP contribution in [0.25, 0.3) is 10.9 Å². The smallest absolute Gasteiger partial charge is 0.341 e. The summed E-state index contributed by atoms with van der Waals surface area (Å²) in [6, 6.07) is 8.58. The Morgan fingerprint density at radius 1 is 1.14 bits per heavy atom. The number of aromatic carboxylic acids is 1. The Kier molecular flexibility index (Phi) is 5.02. The molecule has 150 valence electrons. The van der Waals surface area contributed by atoms with Crippen molar-refractivity contribution in [3.05, 3.63) is 75.6 Å². The number of halogens is 2. The fraction of sp³-hybridized carbons (Fsp3) is 0.238. The number of carbonyl (C=O) groups is 1. The maximum absolute atomic E-state index is 14.8. The van der Waals surface area contributed by atoms with Crippen LogP contribution in [0, 0.1) is 11.6 Å². The van der Waals surface area contributed by atoms with Crippen LogP contribution in [0.3, 0.4) is 0 Å². The van der Waals surface area contributed by atoms with Gasteiger partial charge in [0.15, 0.2) is 0 Å². The molecule has 8 heteroatoms. The van der Waals surface area contributed by atoms with Crippen molar-refractivity contribution in [2.24, 2.45) is 0 Å². The number of nitrogens with one attached hydrogen (secondary N) is 1. The molecule has 2 aromatic carbocycles. The van der Waals surface area contributed by atoms with Crippen LogP contribution in [0.4, 0.5) is 14.5 Å². The molecule has 1 aliphatic heterocycles. The molecule has 4 rings (SSSR count). The van der Waals surface area contributed by atoms with Gasteiger partial charge in [-0.05, 0) is 29.8 Å². The molecule has 0 radical (unpaired) electrons. The number of fused-ring (bicyclic) bond motifs is 1. The number of pyridine rings is 1. The lowest BCUT2D eigenvalue weighted by Crippen LogP contribution is -2.43. The zero-order chi connectivity index (χ0) is 20.5. The lowest BCUT2D eigenvalue weighted by Gasteiger charge is -2.30. The van der Waals surface area contributed by atoms with Gasteiger partial charge in [-0.1, -0.05) is 12.1 Å². The standard InChI is InChI=1S/C21H19F2N3O3/c22-14-3-1-2-13(8-14)11-26-12-16(21(28)29)20(27)15-9-17(23)19(10-18(15)26)25-6-4-24-5-7-25/h1-3,8-10,12,24H,4-7,11H2,(H,28,29). The van der Waals surface area contributed by atoms with Crippen LogP contribution >= 0.6 is 0 Å². The Morgan fingerprint density at radius 2 is 1.90 bits per heavy atom. The molecule has 0 spiro atoms. The summed E-state index contributed by atoms with van der Waals surface area (Å²) >= 11 is 0. The third-order valence-electron chi connectivity index (χ3n) is 5.08. The van der Waals surface area contributed by atoms with E-state index >= 15 is 0 Å². The third kappa shape index (κ3) is 3.71. The summed E-state index contributed by atoms with van der Waals surface area (Å²) in [6.07, 6.45) is 1.23. The number of anilines is 1. The first-order chi connectivity index (χ1) is 13.9. The molecule has 29 heavy (non-hydrogen) atoms. The molecule has 1 aromatic heterocycles. The van der Waals surface area contributed by atoms with Crippen molar-refractivity contribution < 1.29 is 18.7 Å². The second-order valence-electron chi connectivity index (χ2n) is 6.99. The van der Waals surface area contributed by atoms with Crippen LogP contribution in [0.15, 0.2) is 47.4 Å². The Hall–Kier alpha value is -3.26. The van der Waals surface area contributed by atoms with Crippen molar-refractivity contribution in [3.8, 4) is 0 Å². The van der Waals surface area contributed by atoms with E-state index in [4.69, 9.17) is 0 Å². The predicted molar refractivity (Wildman–Crippen MR) is 106 cm³/mol. The lowest BCUT2D eigenvalue weighted by atomic mass is 10.1.